The smallest absolute Gasteiger partial charge is 0.331 e. The van der Waals surface area contributed by atoms with Crippen LogP contribution in [0.3, 0.4) is 0 Å². The molecule has 0 saturated carbocycles. The number of nitrogens with one attached hydrogen (secondary N) is 1. The zero-order valence-corrected chi connectivity index (χ0v) is 19.0. The Labute approximate surface area is 195 Å². The van der Waals surface area contributed by atoms with E-state index in [0.29, 0.717) is 11.5 Å². The monoisotopic (exact) mass is 474 g/mol. The lowest BCUT2D eigenvalue weighted by Crippen LogP contribution is -2.78. The molecule has 0 aromatic heterocycles. The van der Waals surface area contributed by atoms with E-state index in [1.807, 2.05) is 36.4 Å². The highest BCUT2D eigenvalue weighted by molar-refractivity contribution is 8.00. The van der Waals surface area contributed by atoms with Gasteiger partial charge in [0.25, 0.3) is 5.91 Å². The summed E-state index contributed by atoms with van der Waals surface area (Å²) in [5.41, 5.74) is 0.845. The molecule has 0 bridgehead atoms. The maximum Gasteiger partial charge on any atom is 0.331 e. The first kappa shape index (κ1) is 22.5. The molecule has 2 aromatic rings. The normalized spacial score (nSPS) is 26.5. The van der Waals surface area contributed by atoms with E-state index < -0.39 is 28.8 Å². The summed E-state index contributed by atoms with van der Waals surface area (Å²) in [6.45, 7) is 1.61. The van der Waals surface area contributed by atoms with Crippen molar-refractivity contribution in [2.24, 2.45) is 0 Å². The van der Waals surface area contributed by atoms with Crippen molar-refractivity contribution in [3.63, 3.8) is 0 Å². The van der Waals surface area contributed by atoms with Crippen LogP contribution in [-0.4, -0.2) is 57.4 Å². The number of rotatable bonds is 7. The molecule has 7 nitrogen and oxygen atoms in total. The molecule has 0 radical (unpaired) electrons. The molecule has 1 N–H and O–H groups in total. The lowest BCUT2D eigenvalue weighted by Gasteiger charge is -2.56. The number of thioether (sulfide) groups is 1. The summed E-state index contributed by atoms with van der Waals surface area (Å²) >= 11 is 8.06. The van der Waals surface area contributed by atoms with Gasteiger partial charge in [0, 0.05) is 5.75 Å². The van der Waals surface area contributed by atoms with Gasteiger partial charge in [0.15, 0.2) is 12.6 Å². The first-order chi connectivity index (χ1) is 15.4. The highest BCUT2D eigenvalue weighted by Gasteiger charge is 2.61. The average Bonchev–Trinajstić information content (AvgIpc) is 2.80. The molecule has 3 unspecified atom stereocenters. The Morgan fingerprint density at radius 2 is 1.81 bits per heavy atom. The second-order valence-electron chi connectivity index (χ2n) is 7.87. The van der Waals surface area contributed by atoms with Crippen molar-refractivity contribution in [1.29, 1.82) is 0 Å². The fourth-order valence-corrected chi connectivity index (χ4v) is 5.54. The standard InChI is InChI=1S/C23H23ClN2O5S/c1-23(24)14-32-21-18(25-17(27)13-30-16-10-6-3-7-11-16)20(28)26(21)19(23)22(29)31-12-15-8-4-2-5-9-15/h2-11,18-19,21H,12-14H2,1H3,(H,25,27)/t18?,19?,21-,23?/m0/s1. The predicted octanol–water partition coefficient (Wildman–Crippen LogP) is 2.57. The summed E-state index contributed by atoms with van der Waals surface area (Å²) in [7, 11) is 0. The van der Waals surface area contributed by atoms with Crippen LogP contribution in [0.5, 0.6) is 5.75 Å². The number of benzene rings is 2. The predicted molar refractivity (Wildman–Crippen MR) is 121 cm³/mol. The summed E-state index contributed by atoms with van der Waals surface area (Å²) in [6.07, 6.45) is 0. The van der Waals surface area contributed by atoms with Gasteiger partial charge in [-0.1, -0.05) is 48.5 Å². The van der Waals surface area contributed by atoms with Crippen molar-refractivity contribution in [2.75, 3.05) is 12.4 Å². The third kappa shape index (κ3) is 4.71. The number of alkyl halides is 1. The topological polar surface area (TPSA) is 84.9 Å². The molecule has 2 aliphatic rings. The molecule has 2 saturated heterocycles. The first-order valence-electron chi connectivity index (χ1n) is 10.2. The van der Waals surface area contributed by atoms with Crippen LogP contribution in [0.2, 0.25) is 0 Å². The molecule has 0 spiro atoms. The fourth-order valence-electron chi connectivity index (χ4n) is 3.74. The SMILES string of the molecule is CC1(Cl)CS[C@H]2C(NC(=O)COc3ccccc3)C(=O)N2C1C(=O)OCc1ccccc1. The number of halogens is 1. The van der Waals surface area contributed by atoms with Gasteiger partial charge in [0.2, 0.25) is 5.91 Å². The number of nitrogens with zero attached hydrogens (tertiary/aromatic N) is 1. The molecule has 4 rings (SSSR count). The number of para-hydroxylation sites is 1. The number of esters is 1. The number of hydrogen-bond donors (Lipinski definition) is 1. The van der Waals surface area contributed by atoms with Gasteiger partial charge in [0.05, 0.1) is 4.87 Å². The molecule has 2 heterocycles. The minimum absolute atomic E-state index is 0.0972. The molecule has 2 aromatic carbocycles. The third-order valence-electron chi connectivity index (χ3n) is 5.34. The number of hydrogen-bond acceptors (Lipinski definition) is 6. The number of amides is 2. The molecule has 4 atom stereocenters. The van der Waals surface area contributed by atoms with E-state index in [1.165, 1.54) is 16.7 Å². The van der Waals surface area contributed by atoms with Crippen molar-refractivity contribution in [3.05, 3.63) is 66.2 Å². The van der Waals surface area contributed by atoms with E-state index in [1.54, 1.807) is 31.2 Å². The van der Waals surface area contributed by atoms with Crippen LogP contribution >= 0.6 is 23.4 Å². The summed E-state index contributed by atoms with van der Waals surface area (Å²) < 4.78 is 10.9. The van der Waals surface area contributed by atoms with Gasteiger partial charge in [-0.25, -0.2) is 4.79 Å². The Balaban J connectivity index is 1.36. The van der Waals surface area contributed by atoms with Gasteiger partial charge in [-0.3, -0.25) is 9.59 Å². The molecule has 32 heavy (non-hydrogen) atoms. The van der Waals surface area contributed by atoms with E-state index >= 15 is 0 Å². The lowest BCUT2D eigenvalue weighted by molar-refractivity contribution is -0.168. The number of ether oxygens (including phenoxy) is 2. The molecule has 9 heteroatoms. The van der Waals surface area contributed by atoms with Crippen molar-refractivity contribution in [3.8, 4) is 5.75 Å². The Bertz CT molecular complexity index is 988. The van der Waals surface area contributed by atoms with Gasteiger partial charge in [-0.15, -0.1) is 23.4 Å². The summed E-state index contributed by atoms with van der Waals surface area (Å²) in [6, 6.07) is 16.6. The summed E-state index contributed by atoms with van der Waals surface area (Å²) in [4.78, 5) is 38.5. The molecular formula is C23H23ClN2O5S. The molecule has 2 amide bonds. The van der Waals surface area contributed by atoms with E-state index in [4.69, 9.17) is 21.1 Å². The van der Waals surface area contributed by atoms with E-state index in [-0.39, 0.29) is 24.5 Å². The van der Waals surface area contributed by atoms with Crippen molar-refractivity contribution >= 4 is 41.1 Å². The van der Waals surface area contributed by atoms with Crippen LogP contribution in [-0.2, 0) is 25.7 Å². The minimum Gasteiger partial charge on any atom is -0.484 e. The van der Waals surface area contributed by atoms with Crippen LogP contribution in [0.1, 0.15) is 12.5 Å². The molecule has 2 fully saturated rings. The maximum absolute atomic E-state index is 12.9. The average molecular weight is 475 g/mol. The van der Waals surface area contributed by atoms with Gasteiger partial charge >= 0.3 is 5.97 Å². The molecule has 2 aliphatic heterocycles. The van der Waals surface area contributed by atoms with E-state index in [9.17, 15) is 14.4 Å². The number of β-lactam (4-membered cyclic amide) rings is 1. The minimum atomic E-state index is -0.976. The highest BCUT2D eigenvalue weighted by Crippen LogP contribution is 2.45. The molecular weight excluding hydrogens is 452 g/mol. The van der Waals surface area contributed by atoms with Crippen LogP contribution in [0.25, 0.3) is 0 Å². The van der Waals surface area contributed by atoms with Gasteiger partial charge < -0.3 is 19.7 Å². The van der Waals surface area contributed by atoms with Crippen molar-refractivity contribution in [2.45, 2.75) is 35.9 Å². The second kappa shape index (κ2) is 9.42. The first-order valence-corrected chi connectivity index (χ1v) is 11.6. The summed E-state index contributed by atoms with van der Waals surface area (Å²) in [5, 5.41) is 2.32. The Kier molecular flexibility index (Phi) is 6.62. The van der Waals surface area contributed by atoms with Gasteiger partial charge in [-0.2, -0.15) is 0 Å². The highest BCUT2D eigenvalue weighted by atomic mass is 35.5. The lowest BCUT2D eigenvalue weighted by atomic mass is 9.94. The second-order valence-corrected chi connectivity index (χ2v) is 9.84. The third-order valence-corrected chi connectivity index (χ3v) is 7.45. The number of carbonyl (C=O) groups excluding carboxylic acids is 3. The van der Waals surface area contributed by atoms with Crippen LogP contribution in [0.4, 0.5) is 0 Å². The van der Waals surface area contributed by atoms with E-state index in [0.717, 1.165) is 5.56 Å². The zero-order chi connectivity index (χ0) is 22.7. The molecule has 0 aliphatic carbocycles. The molecule has 168 valence electrons. The zero-order valence-electron chi connectivity index (χ0n) is 17.4. The Morgan fingerprint density at radius 3 is 2.50 bits per heavy atom. The summed E-state index contributed by atoms with van der Waals surface area (Å²) in [5.74, 6) is -0.322. The maximum atomic E-state index is 12.9. The number of fused-ring (bicyclic) bond motifs is 1. The van der Waals surface area contributed by atoms with Crippen LogP contribution in [0, 0.1) is 0 Å². The Morgan fingerprint density at radius 1 is 1.16 bits per heavy atom. The van der Waals surface area contributed by atoms with Crippen molar-refractivity contribution in [1.82, 2.24) is 10.2 Å². The number of carbonyl (C=O) groups is 3. The van der Waals surface area contributed by atoms with Gasteiger partial charge in [-0.05, 0) is 24.6 Å². The quantitative estimate of drug-likeness (QED) is 0.377. The fraction of sp³-hybridized carbons (Fsp3) is 0.348. The van der Waals surface area contributed by atoms with Crippen molar-refractivity contribution < 1.29 is 23.9 Å². The van der Waals surface area contributed by atoms with Crippen LogP contribution in [0.15, 0.2) is 60.7 Å². The van der Waals surface area contributed by atoms with Gasteiger partial charge in [0.1, 0.15) is 23.8 Å². The van der Waals surface area contributed by atoms with Crippen LogP contribution < -0.4 is 10.1 Å². The largest absolute Gasteiger partial charge is 0.484 e. The van der Waals surface area contributed by atoms with E-state index in [2.05, 4.69) is 5.32 Å². The Hall–Kier alpha value is -2.71.